The van der Waals surface area contributed by atoms with E-state index in [9.17, 15) is 9.59 Å². The molecule has 0 aliphatic carbocycles. The quantitative estimate of drug-likeness (QED) is 0.823. The van der Waals surface area contributed by atoms with Crippen molar-refractivity contribution in [2.24, 2.45) is 5.92 Å². The molecule has 1 aromatic carbocycles. The van der Waals surface area contributed by atoms with Gasteiger partial charge in [-0.15, -0.1) is 0 Å². The molecule has 2 aromatic rings. The number of hydrogen-bond acceptors (Lipinski definition) is 3. The smallest absolute Gasteiger partial charge is 0.257 e. The first-order valence-corrected chi connectivity index (χ1v) is 10.3. The van der Waals surface area contributed by atoms with E-state index in [1.807, 2.05) is 58.7 Å². The maximum absolute atomic E-state index is 13.2. The van der Waals surface area contributed by atoms with Gasteiger partial charge in [0.1, 0.15) is 0 Å². The van der Waals surface area contributed by atoms with Gasteiger partial charge >= 0.3 is 0 Å². The maximum atomic E-state index is 13.2. The second-order valence-corrected chi connectivity index (χ2v) is 7.89. The molecule has 0 N–H and O–H groups in total. The van der Waals surface area contributed by atoms with Crippen LogP contribution in [-0.4, -0.2) is 57.6 Å². The Morgan fingerprint density at radius 3 is 2.21 bits per heavy atom. The normalized spacial score (nSPS) is 17.9. The van der Waals surface area contributed by atoms with Crippen LogP contribution in [0.15, 0.2) is 30.3 Å². The van der Waals surface area contributed by atoms with Crippen molar-refractivity contribution >= 4 is 11.8 Å². The minimum Gasteiger partial charge on any atom is -0.342 e. The van der Waals surface area contributed by atoms with Gasteiger partial charge in [-0.2, -0.15) is 5.10 Å². The summed E-state index contributed by atoms with van der Waals surface area (Å²) in [4.78, 5) is 29.7. The third kappa shape index (κ3) is 3.43. The Balaban J connectivity index is 1.46. The van der Waals surface area contributed by atoms with Gasteiger partial charge in [-0.1, -0.05) is 18.2 Å². The van der Waals surface area contributed by atoms with Gasteiger partial charge < -0.3 is 9.80 Å². The summed E-state index contributed by atoms with van der Waals surface area (Å²) in [7, 11) is 0. The standard InChI is InChI=1S/C22H28N4O2/c1-16-20(17(2)26(23-16)19-8-4-3-5-9-19)22(28)25-14-10-18(11-15-25)21(27)24-12-6-7-13-24/h3-5,8-9,18H,6-7,10-15H2,1-2H3. The van der Waals surface area contributed by atoms with Gasteiger partial charge in [0.15, 0.2) is 0 Å². The summed E-state index contributed by atoms with van der Waals surface area (Å²) in [6, 6.07) is 9.88. The van der Waals surface area contributed by atoms with E-state index in [-0.39, 0.29) is 17.7 Å². The van der Waals surface area contributed by atoms with Crippen molar-refractivity contribution in [2.75, 3.05) is 26.2 Å². The van der Waals surface area contributed by atoms with Gasteiger partial charge in [-0.05, 0) is 51.7 Å². The van der Waals surface area contributed by atoms with Gasteiger partial charge in [-0.3, -0.25) is 9.59 Å². The zero-order valence-electron chi connectivity index (χ0n) is 16.7. The number of benzene rings is 1. The topological polar surface area (TPSA) is 58.4 Å². The molecule has 0 bridgehead atoms. The number of aryl methyl sites for hydroxylation is 1. The zero-order valence-corrected chi connectivity index (χ0v) is 16.7. The molecule has 0 spiro atoms. The van der Waals surface area contributed by atoms with Crippen LogP contribution < -0.4 is 0 Å². The van der Waals surface area contributed by atoms with Crippen LogP contribution in [0.1, 0.15) is 47.4 Å². The van der Waals surface area contributed by atoms with Crippen LogP contribution in [0.2, 0.25) is 0 Å². The number of rotatable bonds is 3. The van der Waals surface area contributed by atoms with Crippen molar-refractivity contribution in [3.63, 3.8) is 0 Å². The van der Waals surface area contributed by atoms with Gasteiger partial charge in [0.2, 0.25) is 5.91 Å². The number of carbonyl (C=O) groups excluding carboxylic acids is 2. The number of carbonyl (C=O) groups is 2. The highest BCUT2D eigenvalue weighted by molar-refractivity contribution is 5.96. The van der Waals surface area contributed by atoms with Crippen molar-refractivity contribution in [1.82, 2.24) is 19.6 Å². The van der Waals surface area contributed by atoms with E-state index in [0.717, 1.165) is 55.8 Å². The Labute approximate surface area is 166 Å². The van der Waals surface area contributed by atoms with Crippen LogP contribution in [0.3, 0.4) is 0 Å². The minimum atomic E-state index is 0.0317. The molecule has 2 aliphatic rings. The molecule has 2 aliphatic heterocycles. The van der Waals surface area contributed by atoms with Crippen molar-refractivity contribution in [3.05, 3.63) is 47.3 Å². The molecule has 148 valence electrons. The number of hydrogen-bond donors (Lipinski definition) is 0. The first-order chi connectivity index (χ1) is 13.6. The molecule has 1 aromatic heterocycles. The fraction of sp³-hybridized carbons (Fsp3) is 0.500. The van der Waals surface area contributed by atoms with Crippen molar-refractivity contribution in [3.8, 4) is 5.69 Å². The van der Waals surface area contributed by atoms with Crippen LogP contribution in [0.25, 0.3) is 5.69 Å². The molecular weight excluding hydrogens is 352 g/mol. The molecule has 6 nitrogen and oxygen atoms in total. The van der Waals surface area contributed by atoms with E-state index >= 15 is 0 Å². The second kappa shape index (κ2) is 7.78. The molecule has 4 rings (SSSR count). The molecule has 0 radical (unpaired) electrons. The van der Waals surface area contributed by atoms with Crippen molar-refractivity contribution in [1.29, 1.82) is 0 Å². The highest BCUT2D eigenvalue weighted by Crippen LogP contribution is 2.25. The van der Waals surface area contributed by atoms with Crippen LogP contribution in [0, 0.1) is 19.8 Å². The van der Waals surface area contributed by atoms with Gasteiger partial charge in [0.25, 0.3) is 5.91 Å². The summed E-state index contributed by atoms with van der Waals surface area (Å²) in [5, 5.41) is 4.60. The van der Waals surface area contributed by atoms with E-state index in [1.165, 1.54) is 0 Å². The van der Waals surface area contributed by atoms with E-state index in [2.05, 4.69) is 5.10 Å². The Morgan fingerprint density at radius 1 is 0.929 bits per heavy atom. The maximum Gasteiger partial charge on any atom is 0.257 e. The molecular formula is C22H28N4O2. The fourth-order valence-corrected chi connectivity index (χ4v) is 4.46. The number of nitrogens with zero attached hydrogens (tertiary/aromatic N) is 4. The lowest BCUT2D eigenvalue weighted by Crippen LogP contribution is -2.44. The van der Waals surface area contributed by atoms with Gasteiger partial charge in [0.05, 0.1) is 22.6 Å². The highest BCUT2D eigenvalue weighted by Gasteiger charge is 2.33. The predicted molar refractivity (Wildman–Crippen MR) is 107 cm³/mol. The number of likely N-dealkylation sites (tertiary alicyclic amines) is 2. The van der Waals surface area contributed by atoms with Gasteiger partial charge in [-0.25, -0.2) is 4.68 Å². The Kier molecular flexibility index (Phi) is 5.20. The fourth-order valence-electron chi connectivity index (χ4n) is 4.46. The lowest BCUT2D eigenvalue weighted by molar-refractivity contribution is -0.135. The lowest BCUT2D eigenvalue weighted by Gasteiger charge is -2.33. The van der Waals surface area contributed by atoms with Crippen LogP contribution >= 0.6 is 0 Å². The molecule has 2 fully saturated rings. The second-order valence-electron chi connectivity index (χ2n) is 7.89. The molecule has 2 saturated heterocycles. The number of para-hydroxylation sites is 1. The summed E-state index contributed by atoms with van der Waals surface area (Å²) in [6.45, 7) is 6.91. The Morgan fingerprint density at radius 2 is 1.57 bits per heavy atom. The number of amides is 2. The third-order valence-corrected chi connectivity index (χ3v) is 6.06. The van der Waals surface area contributed by atoms with E-state index in [4.69, 9.17) is 0 Å². The minimum absolute atomic E-state index is 0.0317. The molecule has 0 saturated carbocycles. The van der Waals surface area contributed by atoms with Crippen LogP contribution in [0.4, 0.5) is 0 Å². The Bertz CT molecular complexity index is 860. The summed E-state index contributed by atoms with van der Waals surface area (Å²) >= 11 is 0. The lowest BCUT2D eigenvalue weighted by atomic mass is 9.94. The molecule has 28 heavy (non-hydrogen) atoms. The number of piperidine rings is 1. The predicted octanol–water partition coefficient (Wildman–Crippen LogP) is 2.96. The zero-order chi connectivity index (χ0) is 19.7. The van der Waals surface area contributed by atoms with Crippen LogP contribution in [0.5, 0.6) is 0 Å². The first-order valence-electron chi connectivity index (χ1n) is 10.3. The van der Waals surface area contributed by atoms with E-state index < -0.39 is 0 Å². The number of aromatic nitrogens is 2. The van der Waals surface area contributed by atoms with E-state index in [1.54, 1.807) is 0 Å². The summed E-state index contributed by atoms with van der Waals surface area (Å²) in [6.07, 6.45) is 3.75. The average molecular weight is 380 g/mol. The molecule has 2 amide bonds. The van der Waals surface area contributed by atoms with Crippen LogP contribution in [-0.2, 0) is 4.79 Å². The van der Waals surface area contributed by atoms with Crippen molar-refractivity contribution < 1.29 is 9.59 Å². The van der Waals surface area contributed by atoms with E-state index in [0.29, 0.717) is 18.7 Å². The molecule has 0 atom stereocenters. The monoisotopic (exact) mass is 380 g/mol. The van der Waals surface area contributed by atoms with Gasteiger partial charge in [0, 0.05) is 32.1 Å². The molecule has 6 heteroatoms. The average Bonchev–Trinajstić information content (AvgIpc) is 3.36. The molecule has 3 heterocycles. The summed E-state index contributed by atoms with van der Waals surface area (Å²) in [5.74, 6) is 0.384. The largest absolute Gasteiger partial charge is 0.342 e. The SMILES string of the molecule is Cc1nn(-c2ccccc2)c(C)c1C(=O)N1CCC(C(=O)N2CCCC2)CC1. The first kappa shape index (κ1) is 18.7. The third-order valence-electron chi connectivity index (χ3n) is 6.06. The Hall–Kier alpha value is -2.63. The summed E-state index contributed by atoms with van der Waals surface area (Å²) in [5.41, 5.74) is 3.26. The molecule has 0 unspecified atom stereocenters. The summed E-state index contributed by atoms with van der Waals surface area (Å²) < 4.78 is 1.84. The highest BCUT2D eigenvalue weighted by atomic mass is 16.2. The van der Waals surface area contributed by atoms with Crippen molar-refractivity contribution in [2.45, 2.75) is 39.5 Å².